The lowest BCUT2D eigenvalue weighted by atomic mass is 10.1. The number of aliphatic imine (C=N–C) groups is 1. The summed E-state index contributed by atoms with van der Waals surface area (Å²) in [6, 6.07) is 10.8. The molecule has 1 heterocycles. The summed E-state index contributed by atoms with van der Waals surface area (Å²) in [5.74, 6) is 1.88. The van der Waals surface area contributed by atoms with Crippen molar-refractivity contribution in [1.29, 1.82) is 0 Å². The molecule has 2 rings (SSSR count). The molecule has 2 nitrogen and oxygen atoms in total. The van der Waals surface area contributed by atoms with Crippen LogP contribution in [-0.2, 0) is 0 Å². The Hall–Kier alpha value is -0.960. The molecule has 0 amide bonds. The number of rotatable bonds is 2. The molecule has 0 aliphatic carbocycles. The number of amidine groups is 1. The highest BCUT2D eigenvalue weighted by Crippen LogP contribution is 2.19. The van der Waals surface area contributed by atoms with E-state index in [4.69, 9.17) is 0 Å². The molecule has 1 aromatic carbocycles. The Morgan fingerprint density at radius 3 is 2.75 bits per heavy atom. The van der Waals surface area contributed by atoms with Gasteiger partial charge in [0.25, 0.3) is 0 Å². The Morgan fingerprint density at radius 1 is 1.38 bits per heavy atom. The van der Waals surface area contributed by atoms with Gasteiger partial charge in [-0.3, -0.25) is 4.99 Å². The van der Waals surface area contributed by atoms with Crippen LogP contribution in [0, 0.1) is 5.92 Å². The van der Waals surface area contributed by atoms with Gasteiger partial charge in [-0.1, -0.05) is 49.0 Å². The Balaban J connectivity index is 1.95. The fraction of sp³-hybridized carbons (Fsp3) is 0.462. The van der Waals surface area contributed by atoms with Crippen molar-refractivity contribution in [2.45, 2.75) is 19.9 Å². The van der Waals surface area contributed by atoms with Gasteiger partial charge in [-0.2, -0.15) is 0 Å². The maximum absolute atomic E-state index is 4.54. The second kappa shape index (κ2) is 5.39. The normalized spacial score (nSPS) is 22.4. The van der Waals surface area contributed by atoms with Crippen LogP contribution in [0.3, 0.4) is 0 Å². The molecule has 0 saturated heterocycles. The lowest BCUT2D eigenvalue weighted by molar-refractivity contribution is 0.658. The number of nitrogens with zero attached hydrogens (tertiary/aromatic N) is 1. The molecule has 86 valence electrons. The van der Waals surface area contributed by atoms with Gasteiger partial charge >= 0.3 is 0 Å². The van der Waals surface area contributed by atoms with Crippen molar-refractivity contribution in [2.75, 3.05) is 12.3 Å². The van der Waals surface area contributed by atoms with E-state index in [0.717, 1.165) is 11.7 Å². The van der Waals surface area contributed by atoms with Crippen molar-refractivity contribution in [3.05, 3.63) is 35.9 Å². The van der Waals surface area contributed by atoms with Gasteiger partial charge in [0.05, 0.1) is 6.04 Å². The van der Waals surface area contributed by atoms with Crippen LogP contribution in [0.15, 0.2) is 35.3 Å². The summed E-state index contributed by atoms with van der Waals surface area (Å²) in [4.78, 5) is 4.54. The first-order valence-electron chi connectivity index (χ1n) is 5.74. The van der Waals surface area contributed by atoms with Gasteiger partial charge in [-0.25, -0.2) is 0 Å². The molecule has 2 unspecified atom stereocenters. The van der Waals surface area contributed by atoms with E-state index in [-0.39, 0.29) is 0 Å². The van der Waals surface area contributed by atoms with Gasteiger partial charge < -0.3 is 5.32 Å². The fourth-order valence-corrected chi connectivity index (χ4v) is 2.63. The van der Waals surface area contributed by atoms with Crippen LogP contribution in [0.4, 0.5) is 0 Å². The molecular weight excluding hydrogens is 216 g/mol. The third-order valence-corrected chi connectivity index (χ3v) is 3.95. The second-order valence-corrected chi connectivity index (χ2v) is 5.35. The van der Waals surface area contributed by atoms with Gasteiger partial charge in [-0.05, 0) is 18.4 Å². The smallest absolute Gasteiger partial charge is 0.157 e. The monoisotopic (exact) mass is 234 g/mol. The molecule has 0 bridgehead atoms. The number of thioether (sulfide) groups is 1. The van der Waals surface area contributed by atoms with Gasteiger partial charge in [-0.15, -0.1) is 0 Å². The third kappa shape index (κ3) is 3.01. The average Bonchev–Trinajstić information content (AvgIpc) is 2.33. The Morgan fingerprint density at radius 2 is 2.12 bits per heavy atom. The van der Waals surface area contributed by atoms with E-state index < -0.39 is 0 Å². The number of hydrogen-bond acceptors (Lipinski definition) is 3. The largest absolute Gasteiger partial charge is 0.358 e. The highest BCUT2D eigenvalue weighted by Gasteiger charge is 2.14. The van der Waals surface area contributed by atoms with E-state index in [1.54, 1.807) is 0 Å². The van der Waals surface area contributed by atoms with Crippen molar-refractivity contribution < 1.29 is 0 Å². The third-order valence-electron chi connectivity index (χ3n) is 2.69. The lowest BCUT2D eigenvalue weighted by Crippen LogP contribution is -2.28. The molecule has 0 spiro atoms. The summed E-state index contributed by atoms with van der Waals surface area (Å²) in [6.07, 6.45) is 0. The van der Waals surface area contributed by atoms with E-state index >= 15 is 0 Å². The Bertz CT molecular complexity index is 361. The van der Waals surface area contributed by atoms with Crippen LogP contribution in [0.2, 0.25) is 0 Å². The molecule has 0 radical (unpaired) electrons. The summed E-state index contributed by atoms with van der Waals surface area (Å²) in [7, 11) is 0. The standard InChI is InChI=1S/C13H18N2S/c1-10-8-14-13(16-9-10)15-11(2)12-6-4-3-5-7-12/h3-7,10-11H,8-9H2,1-2H3,(H,14,15). The molecule has 1 aliphatic rings. The van der Waals surface area contributed by atoms with Crippen LogP contribution in [0.25, 0.3) is 0 Å². The first-order valence-corrected chi connectivity index (χ1v) is 6.73. The molecule has 2 atom stereocenters. The topological polar surface area (TPSA) is 24.4 Å². The molecule has 0 aromatic heterocycles. The van der Waals surface area contributed by atoms with E-state index in [1.807, 2.05) is 17.8 Å². The average molecular weight is 234 g/mol. The molecule has 16 heavy (non-hydrogen) atoms. The fourth-order valence-electron chi connectivity index (χ4n) is 1.66. The van der Waals surface area contributed by atoms with Gasteiger partial charge in [0.2, 0.25) is 0 Å². The summed E-state index contributed by atoms with van der Waals surface area (Å²) in [5.41, 5.74) is 1.31. The molecule has 0 fully saturated rings. The van der Waals surface area contributed by atoms with Crippen molar-refractivity contribution in [3.8, 4) is 0 Å². The number of hydrogen-bond donors (Lipinski definition) is 1. The van der Waals surface area contributed by atoms with Crippen LogP contribution in [0.5, 0.6) is 0 Å². The lowest BCUT2D eigenvalue weighted by Gasteiger charge is -2.21. The molecular formula is C13H18N2S. The Kier molecular flexibility index (Phi) is 3.88. The molecule has 3 heteroatoms. The van der Waals surface area contributed by atoms with E-state index in [1.165, 1.54) is 11.3 Å². The van der Waals surface area contributed by atoms with E-state index in [0.29, 0.717) is 12.0 Å². The van der Waals surface area contributed by atoms with E-state index in [2.05, 4.69) is 48.4 Å². The van der Waals surface area contributed by atoms with Gasteiger partial charge in [0.1, 0.15) is 0 Å². The zero-order valence-electron chi connectivity index (χ0n) is 9.81. The van der Waals surface area contributed by atoms with Crippen molar-refractivity contribution in [1.82, 2.24) is 5.32 Å². The molecule has 0 saturated carbocycles. The van der Waals surface area contributed by atoms with Crippen LogP contribution >= 0.6 is 11.8 Å². The molecule has 1 aromatic rings. The minimum Gasteiger partial charge on any atom is -0.358 e. The summed E-state index contributed by atoms with van der Waals surface area (Å²) in [5, 5.41) is 4.56. The minimum atomic E-state index is 0.334. The molecule has 1 N–H and O–H groups in total. The number of nitrogens with one attached hydrogen (secondary N) is 1. The zero-order valence-corrected chi connectivity index (χ0v) is 10.6. The highest BCUT2D eigenvalue weighted by atomic mass is 32.2. The maximum atomic E-state index is 4.54. The van der Waals surface area contributed by atoms with Crippen LogP contribution in [0.1, 0.15) is 25.5 Å². The van der Waals surface area contributed by atoms with Gasteiger partial charge in [0, 0.05) is 12.3 Å². The first kappa shape index (κ1) is 11.5. The van der Waals surface area contributed by atoms with E-state index in [9.17, 15) is 0 Å². The van der Waals surface area contributed by atoms with Crippen molar-refractivity contribution >= 4 is 16.9 Å². The number of benzene rings is 1. The summed E-state index contributed by atoms with van der Waals surface area (Å²) >= 11 is 1.83. The SMILES string of the molecule is CC1CN=C(NC(C)c2ccccc2)SC1. The quantitative estimate of drug-likeness (QED) is 0.850. The maximum Gasteiger partial charge on any atom is 0.157 e. The summed E-state index contributed by atoms with van der Waals surface area (Å²) in [6.45, 7) is 5.38. The summed E-state index contributed by atoms with van der Waals surface area (Å²) < 4.78 is 0. The predicted molar refractivity (Wildman–Crippen MR) is 71.9 cm³/mol. The van der Waals surface area contributed by atoms with Crippen LogP contribution < -0.4 is 5.32 Å². The zero-order chi connectivity index (χ0) is 11.4. The van der Waals surface area contributed by atoms with Crippen LogP contribution in [-0.4, -0.2) is 17.5 Å². The Labute approximate surface area is 102 Å². The minimum absolute atomic E-state index is 0.334. The molecule has 1 aliphatic heterocycles. The highest BCUT2D eigenvalue weighted by molar-refractivity contribution is 8.13. The van der Waals surface area contributed by atoms with Crippen molar-refractivity contribution in [3.63, 3.8) is 0 Å². The predicted octanol–water partition coefficient (Wildman–Crippen LogP) is 3.08. The first-order chi connectivity index (χ1) is 7.75. The van der Waals surface area contributed by atoms with Crippen molar-refractivity contribution in [2.24, 2.45) is 10.9 Å². The second-order valence-electron chi connectivity index (χ2n) is 4.34. The van der Waals surface area contributed by atoms with Gasteiger partial charge in [0.15, 0.2) is 5.17 Å².